The summed E-state index contributed by atoms with van der Waals surface area (Å²) < 4.78 is 4.35. The molecule has 0 aliphatic carbocycles. The van der Waals surface area contributed by atoms with Crippen molar-refractivity contribution in [2.45, 2.75) is 39.5 Å². The molecule has 0 saturated heterocycles. The van der Waals surface area contributed by atoms with Crippen molar-refractivity contribution < 1.29 is 17.2 Å². The van der Waals surface area contributed by atoms with E-state index in [2.05, 4.69) is 66.9 Å². The summed E-state index contributed by atoms with van der Waals surface area (Å²) in [6.07, 6.45) is 0. The molecular formula is C12H17NV. The second-order valence-corrected chi connectivity index (χ2v) is 4.51. The molecule has 75 valence electrons. The molecule has 0 heterocycles. The average molecular weight is 226 g/mol. The molecule has 1 nitrogen and oxygen atoms in total. The van der Waals surface area contributed by atoms with Gasteiger partial charge in [0.15, 0.2) is 0 Å². The van der Waals surface area contributed by atoms with Gasteiger partial charge in [-0.1, -0.05) is 0 Å². The van der Waals surface area contributed by atoms with Gasteiger partial charge in [0.2, 0.25) is 0 Å². The van der Waals surface area contributed by atoms with E-state index in [-0.39, 0.29) is 0 Å². The van der Waals surface area contributed by atoms with E-state index in [1.807, 2.05) is 0 Å². The predicted octanol–water partition coefficient (Wildman–Crippen LogP) is 4.30. The Labute approximate surface area is 95.7 Å². The van der Waals surface area contributed by atoms with Gasteiger partial charge in [-0.15, -0.1) is 0 Å². The van der Waals surface area contributed by atoms with Crippen molar-refractivity contribution in [2.75, 3.05) is 0 Å². The Balaban J connectivity index is 3.32. The molecule has 1 rings (SSSR count). The molecule has 0 fully saturated rings. The van der Waals surface area contributed by atoms with Crippen LogP contribution in [-0.4, -0.2) is 0 Å². The zero-order valence-corrected chi connectivity index (χ0v) is 10.7. The third-order valence-corrected chi connectivity index (χ3v) is 2.75. The SMILES string of the molecule is CC(C)c1cccc(C(C)C)c1[N]=[V]. The molecule has 0 aromatic heterocycles. The van der Waals surface area contributed by atoms with Crippen molar-refractivity contribution in [2.24, 2.45) is 3.79 Å². The Morgan fingerprint density at radius 3 is 1.71 bits per heavy atom. The average Bonchev–Trinajstić information content (AvgIpc) is 2.16. The van der Waals surface area contributed by atoms with Crippen molar-refractivity contribution in [3.63, 3.8) is 0 Å². The predicted molar refractivity (Wildman–Crippen MR) is 56.7 cm³/mol. The third kappa shape index (κ3) is 2.34. The van der Waals surface area contributed by atoms with Gasteiger partial charge < -0.3 is 0 Å². The van der Waals surface area contributed by atoms with Gasteiger partial charge in [-0.25, -0.2) is 0 Å². The molecule has 14 heavy (non-hydrogen) atoms. The van der Waals surface area contributed by atoms with Gasteiger partial charge in [0.1, 0.15) is 0 Å². The van der Waals surface area contributed by atoms with Gasteiger partial charge in [-0.05, 0) is 0 Å². The standard InChI is InChI=1S/C12H17N.V/c1-8(2)10-6-5-7-11(9(3)4)12(10)13;/h5-9H,1-4H3;. The van der Waals surface area contributed by atoms with E-state index >= 15 is 0 Å². The quantitative estimate of drug-likeness (QED) is 0.728. The summed E-state index contributed by atoms with van der Waals surface area (Å²) in [5, 5.41) is 0. The van der Waals surface area contributed by atoms with E-state index in [9.17, 15) is 0 Å². The molecule has 0 unspecified atom stereocenters. The molecule has 0 spiro atoms. The van der Waals surface area contributed by atoms with Crippen molar-refractivity contribution >= 4 is 5.69 Å². The Kier molecular flexibility index (Phi) is 4.09. The first kappa shape index (κ1) is 11.7. The fraction of sp³-hybridized carbons (Fsp3) is 0.500. The van der Waals surface area contributed by atoms with Crippen LogP contribution in [0.15, 0.2) is 22.0 Å². The van der Waals surface area contributed by atoms with Crippen LogP contribution in [0.25, 0.3) is 0 Å². The Morgan fingerprint density at radius 2 is 1.43 bits per heavy atom. The maximum absolute atomic E-state index is 4.35. The van der Waals surface area contributed by atoms with Crippen molar-refractivity contribution in [1.29, 1.82) is 0 Å². The molecule has 1 aromatic carbocycles. The normalized spacial score (nSPS) is 10.9. The number of nitrogens with zero attached hydrogens (tertiary/aromatic N) is 1. The van der Waals surface area contributed by atoms with Crippen LogP contribution in [0, 0.1) is 0 Å². The first-order chi connectivity index (χ1) is 6.57. The molecule has 0 aliphatic rings. The van der Waals surface area contributed by atoms with E-state index in [0.717, 1.165) is 5.69 Å². The van der Waals surface area contributed by atoms with E-state index < -0.39 is 0 Å². The van der Waals surface area contributed by atoms with Crippen LogP contribution in [0.2, 0.25) is 0 Å². The summed E-state index contributed by atoms with van der Waals surface area (Å²) in [4.78, 5) is 0. The molecular weight excluding hydrogens is 209 g/mol. The molecule has 2 heteroatoms. The van der Waals surface area contributed by atoms with Crippen LogP contribution < -0.4 is 0 Å². The monoisotopic (exact) mass is 226 g/mol. The van der Waals surface area contributed by atoms with Crippen molar-refractivity contribution in [3.8, 4) is 0 Å². The van der Waals surface area contributed by atoms with Gasteiger partial charge in [0.05, 0.1) is 0 Å². The first-order valence-electron chi connectivity index (χ1n) is 5.05. The minimum absolute atomic E-state index is 0.539. The van der Waals surface area contributed by atoms with Crippen LogP contribution in [0.3, 0.4) is 0 Å². The minimum atomic E-state index is 0.539. The first-order valence-corrected chi connectivity index (χ1v) is 5.68. The number of hydrogen-bond donors (Lipinski definition) is 0. The van der Waals surface area contributed by atoms with Gasteiger partial charge in [-0.3, -0.25) is 0 Å². The van der Waals surface area contributed by atoms with Crippen LogP contribution in [0.4, 0.5) is 5.69 Å². The van der Waals surface area contributed by atoms with Crippen molar-refractivity contribution in [3.05, 3.63) is 29.3 Å². The number of hydrogen-bond acceptors (Lipinski definition) is 1. The van der Waals surface area contributed by atoms with Gasteiger partial charge in [0.25, 0.3) is 0 Å². The Bertz CT molecular complexity index is 303. The fourth-order valence-electron chi connectivity index (χ4n) is 1.63. The number of rotatable bonds is 3. The number of benzene rings is 1. The topological polar surface area (TPSA) is 12.4 Å². The van der Waals surface area contributed by atoms with E-state index in [1.54, 1.807) is 0 Å². The molecule has 0 saturated carbocycles. The van der Waals surface area contributed by atoms with Crippen LogP contribution >= 0.6 is 0 Å². The van der Waals surface area contributed by atoms with Crippen LogP contribution in [0.1, 0.15) is 50.7 Å². The zero-order chi connectivity index (χ0) is 10.7. The Hall–Kier alpha value is -0.396. The summed E-state index contributed by atoms with van der Waals surface area (Å²) in [6.45, 7) is 8.84. The second-order valence-electron chi connectivity index (χ2n) is 4.19. The van der Waals surface area contributed by atoms with Crippen molar-refractivity contribution in [1.82, 2.24) is 0 Å². The molecule has 0 amide bonds. The zero-order valence-electron chi connectivity index (χ0n) is 9.28. The summed E-state index contributed by atoms with van der Waals surface area (Å²) in [7, 11) is 0. The van der Waals surface area contributed by atoms with Gasteiger partial charge >= 0.3 is 95.6 Å². The summed E-state index contributed by atoms with van der Waals surface area (Å²) in [5.41, 5.74) is 3.85. The van der Waals surface area contributed by atoms with E-state index in [4.69, 9.17) is 0 Å². The van der Waals surface area contributed by atoms with E-state index in [1.165, 1.54) is 11.1 Å². The third-order valence-electron chi connectivity index (χ3n) is 2.44. The van der Waals surface area contributed by atoms with E-state index in [0.29, 0.717) is 11.8 Å². The van der Waals surface area contributed by atoms with Crippen LogP contribution in [-0.2, 0) is 17.2 Å². The molecule has 0 bridgehead atoms. The molecule has 0 aliphatic heterocycles. The molecule has 0 radical (unpaired) electrons. The summed E-state index contributed by atoms with van der Waals surface area (Å²) in [6, 6.07) is 6.47. The summed E-state index contributed by atoms with van der Waals surface area (Å²) >= 11 is 2.33. The van der Waals surface area contributed by atoms with Gasteiger partial charge in [0, 0.05) is 0 Å². The Morgan fingerprint density at radius 1 is 1.00 bits per heavy atom. The molecule has 1 aromatic rings. The van der Waals surface area contributed by atoms with Crippen LogP contribution in [0.5, 0.6) is 0 Å². The molecule has 0 atom stereocenters. The van der Waals surface area contributed by atoms with Gasteiger partial charge in [-0.2, -0.15) is 0 Å². The maximum atomic E-state index is 4.35. The molecule has 0 N–H and O–H groups in total. The summed E-state index contributed by atoms with van der Waals surface area (Å²) in [5.74, 6) is 1.08. The second kappa shape index (κ2) is 4.90. The fourth-order valence-corrected chi connectivity index (χ4v) is 1.99.